The summed E-state index contributed by atoms with van der Waals surface area (Å²) in [5, 5.41) is 9.32. The van der Waals surface area contributed by atoms with E-state index in [1.54, 1.807) is 0 Å². The predicted octanol–water partition coefficient (Wildman–Crippen LogP) is 3.60. The minimum Gasteiger partial charge on any atom is -0.392 e. The van der Waals surface area contributed by atoms with Crippen molar-refractivity contribution in [1.29, 1.82) is 0 Å². The maximum Gasteiger partial charge on any atom is 0.139 e. The van der Waals surface area contributed by atoms with Gasteiger partial charge in [-0.2, -0.15) is 0 Å². The molecule has 1 aromatic rings. The van der Waals surface area contributed by atoms with Gasteiger partial charge >= 0.3 is 0 Å². The van der Waals surface area contributed by atoms with Crippen LogP contribution in [0.4, 0.5) is 0 Å². The molecule has 0 bridgehead atoms. The van der Waals surface area contributed by atoms with Crippen molar-refractivity contribution in [3.05, 3.63) is 34.9 Å². The van der Waals surface area contributed by atoms with E-state index >= 15 is 0 Å². The zero-order chi connectivity index (χ0) is 14.6. The first-order valence-electron chi connectivity index (χ1n) is 8.39. The topological polar surface area (TPSA) is 37.3 Å². The Kier molecular flexibility index (Phi) is 3.01. The molecular weight excluding hydrogens is 260 g/mol. The number of hydrogen-bond acceptors (Lipinski definition) is 2. The van der Waals surface area contributed by atoms with Gasteiger partial charge in [-0.1, -0.05) is 25.1 Å². The average molecular weight is 284 g/mol. The molecule has 2 saturated carbocycles. The van der Waals surface area contributed by atoms with E-state index in [4.69, 9.17) is 0 Å². The van der Waals surface area contributed by atoms with Crippen molar-refractivity contribution in [3.8, 4) is 0 Å². The van der Waals surface area contributed by atoms with Crippen LogP contribution in [0.25, 0.3) is 0 Å². The quantitative estimate of drug-likeness (QED) is 0.855. The third kappa shape index (κ3) is 1.85. The van der Waals surface area contributed by atoms with Crippen LogP contribution in [0.15, 0.2) is 18.2 Å². The Balaban J connectivity index is 1.70. The Morgan fingerprint density at radius 2 is 2.10 bits per heavy atom. The predicted molar refractivity (Wildman–Crippen MR) is 82.0 cm³/mol. The Labute approximate surface area is 126 Å². The van der Waals surface area contributed by atoms with E-state index in [9.17, 15) is 9.90 Å². The summed E-state index contributed by atoms with van der Waals surface area (Å²) in [5.41, 5.74) is 3.95. The van der Waals surface area contributed by atoms with Gasteiger partial charge in [0.15, 0.2) is 0 Å². The number of fused-ring (bicyclic) bond motifs is 5. The van der Waals surface area contributed by atoms with Gasteiger partial charge in [0, 0.05) is 11.8 Å². The summed E-state index contributed by atoms with van der Waals surface area (Å²) in [4.78, 5) is 12.3. The molecule has 0 spiro atoms. The molecule has 1 N–H and O–H groups in total. The third-order valence-corrected chi connectivity index (χ3v) is 6.68. The van der Waals surface area contributed by atoms with E-state index in [2.05, 4.69) is 25.1 Å². The number of aryl methyl sites for hydroxylation is 1. The highest BCUT2D eigenvalue weighted by Gasteiger charge is 2.54. The number of rotatable bonds is 1. The zero-order valence-corrected chi connectivity index (χ0v) is 12.8. The summed E-state index contributed by atoms with van der Waals surface area (Å²) >= 11 is 0. The lowest BCUT2D eigenvalue weighted by atomic mass is 9.55. The molecule has 112 valence electrons. The van der Waals surface area contributed by atoms with Crippen LogP contribution in [-0.2, 0) is 17.8 Å². The van der Waals surface area contributed by atoms with Gasteiger partial charge in [0.05, 0.1) is 6.61 Å². The SMILES string of the molecule is C[C@]12CC[C@@H]3c4ccc(CO)cc4CC[C@@H]3[C@H]1CCC2=O. The van der Waals surface area contributed by atoms with Crippen molar-refractivity contribution in [2.75, 3.05) is 0 Å². The minimum absolute atomic E-state index is 0.0241. The molecule has 0 aliphatic heterocycles. The number of Topliss-reactive ketones (excluding diaryl/α,β-unsaturated/α-hetero) is 1. The number of benzene rings is 1. The van der Waals surface area contributed by atoms with Gasteiger partial charge in [0.25, 0.3) is 0 Å². The van der Waals surface area contributed by atoms with Crippen molar-refractivity contribution in [1.82, 2.24) is 0 Å². The monoisotopic (exact) mass is 284 g/mol. The van der Waals surface area contributed by atoms with Gasteiger partial charge in [-0.25, -0.2) is 0 Å². The van der Waals surface area contributed by atoms with E-state index in [1.807, 2.05) is 0 Å². The molecule has 0 heterocycles. The van der Waals surface area contributed by atoms with Gasteiger partial charge < -0.3 is 5.11 Å². The van der Waals surface area contributed by atoms with E-state index < -0.39 is 0 Å². The summed E-state index contributed by atoms with van der Waals surface area (Å²) in [5.74, 6) is 2.47. The molecule has 4 rings (SSSR count). The molecule has 0 unspecified atom stereocenters. The van der Waals surface area contributed by atoms with E-state index in [0.717, 1.165) is 37.7 Å². The zero-order valence-electron chi connectivity index (χ0n) is 12.8. The second-order valence-electron chi connectivity index (χ2n) is 7.52. The second kappa shape index (κ2) is 4.67. The largest absolute Gasteiger partial charge is 0.392 e. The van der Waals surface area contributed by atoms with Gasteiger partial charge in [-0.05, 0) is 66.5 Å². The molecule has 1 aromatic carbocycles. The van der Waals surface area contributed by atoms with Crippen molar-refractivity contribution in [2.24, 2.45) is 17.3 Å². The smallest absolute Gasteiger partial charge is 0.139 e. The van der Waals surface area contributed by atoms with Crippen LogP contribution in [0.1, 0.15) is 61.6 Å². The number of aliphatic hydroxyl groups excluding tert-OH is 1. The molecular formula is C19H24O2. The number of ketones is 1. The van der Waals surface area contributed by atoms with Crippen LogP contribution in [0.2, 0.25) is 0 Å². The van der Waals surface area contributed by atoms with Crippen molar-refractivity contribution in [2.45, 2.75) is 58.0 Å². The van der Waals surface area contributed by atoms with Crippen LogP contribution < -0.4 is 0 Å². The van der Waals surface area contributed by atoms with Crippen LogP contribution in [0, 0.1) is 17.3 Å². The molecule has 3 aliphatic rings. The maximum atomic E-state index is 12.3. The van der Waals surface area contributed by atoms with Gasteiger partial charge in [-0.3, -0.25) is 4.79 Å². The highest BCUT2D eigenvalue weighted by molar-refractivity contribution is 5.87. The Morgan fingerprint density at radius 3 is 2.90 bits per heavy atom. The lowest BCUT2D eigenvalue weighted by Gasteiger charge is -2.48. The molecule has 0 amide bonds. The van der Waals surface area contributed by atoms with Crippen LogP contribution in [-0.4, -0.2) is 10.9 Å². The second-order valence-corrected chi connectivity index (χ2v) is 7.52. The number of carbonyl (C=O) groups is 1. The molecule has 3 aliphatic carbocycles. The summed E-state index contributed by atoms with van der Waals surface area (Å²) in [6.45, 7) is 2.37. The summed E-state index contributed by atoms with van der Waals surface area (Å²) < 4.78 is 0. The Morgan fingerprint density at radius 1 is 1.24 bits per heavy atom. The molecule has 2 heteroatoms. The lowest BCUT2D eigenvalue weighted by molar-refractivity contribution is -0.129. The third-order valence-electron chi connectivity index (χ3n) is 6.68. The average Bonchev–Trinajstić information content (AvgIpc) is 2.82. The first-order chi connectivity index (χ1) is 10.1. The standard InChI is InChI=1S/C19H24O2/c1-19-9-8-15-14-4-2-12(11-20)10-13(14)3-5-16(15)17(19)6-7-18(19)21/h2,4,10,15-17,20H,3,5-9,11H2,1H3/t15-,16+,17-,19+/m1/s1. The molecule has 2 nitrogen and oxygen atoms in total. The summed E-state index contributed by atoms with van der Waals surface area (Å²) in [7, 11) is 0. The Bertz CT molecular complexity index is 591. The van der Waals surface area contributed by atoms with E-state index in [0.29, 0.717) is 23.5 Å². The molecule has 0 saturated heterocycles. The summed E-state index contributed by atoms with van der Waals surface area (Å²) in [6, 6.07) is 6.52. The number of carbonyl (C=O) groups excluding carboxylic acids is 1. The van der Waals surface area contributed by atoms with Crippen molar-refractivity contribution < 1.29 is 9.90 Å². The molecule has 2 fully saturated rings. The molecule has 4 atom stereocenters. The van der Waals surface area contributed by atoms with E-state index in [1.165, 1.54) is 17.5 Å². The van der Waals surface area contributed by atoms with Gasteiger partial charge in [0.1, 0.15) is 5.78 Å². The molecule has 21 heavy (non-hydrogen) atoms. The van der Waals surface area contributed by atoms with E-state index in [-0.39, 0.29) is 12.0 Å². The fraction of sp³-hybridized carbons (Fsp3) is 0.632. The number of hydrogen-bond donors (Lipinski definition) is 1. The van der Waals surface area contributed by atoms with Crippen molar-refractivity contribution in [3.63, 3.8) is 0 Å². The maximum absolute atomic E-state index is 12.3. The highest BCUT2D eigenvalue weighted by Crippen LogP contribution is 2.59. The van der Waals surface area contributed by atoms with Crippen LogP contribution in [0.3, 0.4) is 0 Å². The van der Waals surface area contributed by atoms with Crippen molar-refractivity contribution >= 4 is 5.78 Å². The van der Waals surface area contributed by atoms with Crippen LogP contribution >= 0.6 is 0 Å². The van der Waals surface area contributed by atoms with Gasteiger partial charge in [0.2, 0.25) is 0 Å². The highest BCUT2D eigenvalue weighted by atomic mass is 16.3. The van der Waals surface area contributed by atoms with Gasteiger partial charge in [-0.15, -0.1) is 0 Å². The Hall–Kier alpha value is -1.15. The fourth-order valence-electron chi connectivity index (χ4n) is 5.51. The molecule has 0 aromatic heterocycles. The number of aliphatic hydroxyl groups is 1. The minimum atomic E-state index is -0.0241. The lowest BCUT2D eigenvalue weighted by Crippen LogP contribution is -2.42. The molecule has 0 radical (unpaired) electrons. The fourth-order valence-corrected chi connectivity index (χ4v) is 5.51. The summed E-state index contributed by atoms with van der Waals surface area (Å²) in [6.07, 6.45) is 6.49. The normalized spacial score (nSPS) is 37.8. The first-order valence-corrected chi connectivity index (χ1v) is 8.39. The van der Waals surface area contributed by atoms with Crippen LogP contribution in [0.5, 0.6) is 0 Å². The first kappa shape index (κ1) is 13.5.